The molecule has 0 aromatic heterocycles. The summed E-state index contributed by atoms with van der Waals surface area (Å²) < 4.78 is 6.50. The number of benzene rings is 1. The van der Waals surface area contributed by atoms with Crippen molar-refractivity contribution in [3.05, 3.63) is 27.7 Å². The molecule has 0 spiro atoms. The zero-order valence-electron chi connectivity index (χ0n) is 10.7. The van der Waals surface area contributed by atoms with Crippen molar-refractivity contribution in [2.75, 3.05) is 18.5 Å². The van der Waals surface area contributed by atoms with Crippen LogP contribution in [0, 0.1) is 0 Å². The number of halogens is 2. The maximum absolute atomic E-state index is 9.90. The van der Waals surface area contributed by atoms with Gasteiger partial charge in [-0.15, -0.1) is 0 Å². The summed E-state index contributed by atoms with van der Waals surface area (Å²) in [4.78, 5) is 0. The number of hydrogen-bond acceptors (Lipinski definition) is 3. The molecule has 0 heterocycles. The summed E-state index contributed by atoms with van der Waals surface area (Å²) in [5.41, 5.74) is 0.882. The SMILES string of the molecule is OC(CNc1cccc(Cl)c1Br)COC1CCCC1. The molecular formula is C14H19BrClNO2. The van der Waals surface area contributed by atoms with Crippen molar-refractivity contribution in [2.45, 2.75) is 37.9 Å². The molecule has 1 unspecified atom stereocenters. The molecule has 0 radical (unpaired) electrons. The number of hydrogen-bond donors (Lipinski definition) is 2. The predicted molar refractivity (Wildman–Crippen MR) is 81.9 cm³/mol. The van der Waals surface area contributed by atoms with E-state index in [1.165, 1.54) is 12.8 Å². The molecule has 0 bridgehead atoms. The Morgan fingerprint density at radius 2 is 2.16 bits per heavy atom. The average Bonchev–Trinajstić information content (AvgIpc) is 2.91. The third-order valence-electron chi connectivity index (χ3n) is 3.31. The lowest BCUT2D eigenvalue weighted by Crippen LogP contribution is -2.27. The smallest absolute Gasteiger partial charge is 0.0945 e. The molecule has 1 aliphatic rings. The molecule has 1 aromatic rings. The summed E-state index contributed by atoms with van der Waals surface area (Å²) in [6.45, 7) is 0.835. The van der Waals surface area contributed by atoms with E-state index in [4.69, 9.17) is 16.3 Å². The van der Waals surface area contributed by atoms with Gasteiger partial charge in [-0.1, -0.05) is 30.5 Å². The van der Waals surface area contributed by atoms with Gasteiger partial charge in [0, 0.05) is 6.54 Å². The molecule has 2 rings (SSSR count). The standard InChI is InChI=1S/C14H19BrClNO2/c15-14-12(16)6-3-7-13(14)17-8-10(18)9-19-11-4-1-2-5-11/h3,6-7,10-11,17-18H,1-2,4-5,8-9H2. The number of ether oxygens (including phenoxy) is 1. The minimum Gasteiger partial charge on any atom is -0.389 e. The van der Waals surface area contributed by atoms with Crippen LogP contribution >= 0.6 is 27.5 Å². The predicted octanol–water partition coefficient (Wildman–Crippen LogP) is 3.83. The molecular weight excluding hydrogens is 330 g/mol. The Labute approximate surface area is 127 Å². The number of anilines is 1. The maximum atomic E-state index is 9.90. The molecule has 106 valence electrons. The van der Waals surface area contributed by atoms with Gasteiger partial charge >= 0.3 is 0 Å². The van der Waals surface area contributed by atoms with Crippen LogP contribution in [0.2, 0.25) is 5.02 Å². The Morgan fingerprint density at radius 1 is 1.42 bits per heavy atom. The maximum Gasteiger partial charge on any atom is 0.0945 e. The number of aliphatic hydroxyl groups excluding tert-OH is 1. The summed E-state index contributed by atoms with van der Waals surface area (Å²) in [5, 5.41) is 13.7. The van der Waals surface area contributed by atoms with Gasteiger partial charge in [0.1, 0.15) is 0 Å². The van der Waals surface area contributed by atoms with E-state index in [1.807, 2.05) is 18.2 Å². The van der Waals surface area contributed by atoms with Crippen LogP contribution in [0.1, 0.15) is 25.7 Å². The van der Waals surface area contributed by atoms with Gasteiger partial charge < -0.3 is 15.2 Å². The van der Waals surface area contributed by atoms with Gasteiger partial charge in [-0.3, -0.25) is 0 Å². The summed E-state index contributed by atoms with van der Waals surface area (Å²) in [6.07, 6.45) is 4.57. The Kier molecular flexibility index (Phi) is 5.95. The van der Waals surface area contributed by atoms with E-state index < -0.39 is 6.10 Å². The topological polar surface area (TPSA) is 41.5 Å². The highest BCUT2D eigenvalue weighted by Gasteiger charge is 2.17. The second-order valence-electron chi connectivity index (χ2n) is 4.88. The van der Waals surface area contributed by atoms with Crippen molar-refractivity contribution < 1.29 is 9.84 Å². The quantitative estimate of drug-likeness (QED) is 0.821. The fourth-order valence-electron chi connectivity index (χ4n) is 2.23. The van der Waals surface area contributed by atoms with Crippen LogP contribution in [-0.2, 0) is 4.74 Å². The van der Waals surface area contributed by atoms with E-state index in [0.717, 1.165) is 23.0 Å². The normalized spacial score (nSPS) is 17.6. The lowest BCUT2D eigenvalue weighted by Gasteiger charge is -2.17. The fraction of sp³-hybridized carbons (Fsp3) is 0.571. The van der Waals surface area contributed by atoms with Crippen molar-refractivity contribution in [1.29, 1.82) is 0 Å². The Bertz CT molecular complexity index is 410. The van der Waals surface area contributed by atoms with Gasteiger partial charge in [0.25, 0.3) is 0 Å². The molecule has 1 aromatic carbocycles. The zero-order chi connectivity index (χ0) is 13.7. The highest BCUT2D eigenvalue weighted by molar-refractivity contribution is 9.10. The molecule has 2 N–H and O–H groups in total. The van der Waals surface area contributed by atoms with Crippen molar-refractivity contribution in [3.63, 3.8) is 0 Å². The highest BCUT2D eigenvalue weighted by atomic mass is 79.9. The average molecular weight is 349 g/mol. The van der Waals surface area contributed by atoms with Crippen LogP contribution in [-0.4, -0.2) is 30.5 Å². The molecule has 1 aliphatic carbocycles. The summed E-state index contributed by atoms with van der Waals surface area (Å²) in [7, 11) is 0. The first kappa shape index (κ1) is 15.1. The van der Waals surface area contributed by atoms with Gasteiger partial charge in [0.15, 0.2) is 0 Å². The van der Waals surface area contributed by atoms with Crippen LogP contribution in [0.15, 0.2) is 22.7 Å². The van der Waals surface area contributed by atoms with E-state index >= 15 is 0 Å². The van der Waals surface area contributed by atoms with Gasteiger partial charge in [-0.2, -0.15) is 0 Å². The molecule has 3 nitrogen and oxygen atoms in total. The monoisotopic (exact) mass is 347 g/mol. The largest absolute Gasteiger partial charge is 0.389 e. The molecule has 5 heteroatoms. The number of nitrogens with one attached hydrogen (secondary N) is 1. The molecule has 1 fully saturated rings. The lowest BCUT2D eigenvalue weighted by atomic mass is 10.3. The number of rotatable bonds is 6. The first-order valence-corrected chi connectivity index (χ1v) is 7.81. The first-order valence-electron chi connectivity index (χ1n) is 6.64. The molecule has 1 atom stereocenters. The Morgan fingerprint density at radius 3 is 2.89 bits per heavy atom. The highest BCUT2D eigenvalue weighted by Crippen LogP contribution is 2.29. The van der Waals surface area contributed by atoms with Crippen LogP contribution in [0.3, 0.4) is 0 Å². The minimum atomic E-state index is -0.508. The van der Waals surface area contributed by atoms with Crippen molar-refractivity contribution in [3.8, 4) is 0 Å². The molecule has 19 heavy (non-hydrogen) atoms. The first-order chi connectivity index (χ1) is 9.16. The Hall–Kier alpha value is -0.290. The zero-order valence-corrected chi connectivity index (χ0v) is 13.1. The van der Waals surface area contributed by atoms with E-state index in [1.54, 1.807) is 0 Å². The molecule has 0 aliphatic heterocycles. The van der Waals surface area contributed by atoms with E-state index in [0.29, 0.717) is 24.3 Å². The van der Waals surface area contributed by atoms with Crippen molar-refractivity contribution >= 4 is 33.2 Å². The summed E-state index contributed by atoms with van der Waals surface area (Å²) in [5.74, 6) is 0. The molecule has 0 amide bonds. The van der Waals surface area contributed by atoms with Crippen molar-refractivity contribution in [2.24, 2.45) is 0 Å². The van der Waals surface area contributed by atoms with E-state index in [2.05, 4.69) is 21.2 Å². The van der Waals surface area contributed by atoms with Crippen LogP contribution in [0.25, 0.3) is 0 Å². The summed E-state index contributed by atoms with van der Waals surface area (Å²) >= 11 is 9.42. The van der Waals surface area contributed by atoms with Crippen molar-refractivity contribution in [1.82, 2.24) is 0 Å². The Balaban J connectivity index is 1.73. The van der Waals surface area contributed by atoms with E-state index in [-0.39, 0.29) is 0 Å². The van der Waals surface area contributed by atoms with Crippen LogP contribution < -0.4 is 5.32 Å². The van der Waals surface area contributed by atoms with Gasteiger partial charge in [0.05, 0.1) is 34.0 Å². The van der Waals surface area contributed by atoms with E-state index in [9.17, 15) is 5.11 Å². The minimum absolute atomic E-state index is 0.340. The third kappa shape index (κ3) is 4.63. The summed E-state index contributed by atoms with van der Waals surface area (Å²) in [6, 6.07) is 5.60. The fourth-order valence-corrected chi connectivity index (χ4v) is 2.81. The van der Waals surface area contributed by atoms with Crippen LogP contribution in [0.4, 0.5) is 5.69 Å². The molecule has 0 saturated heterocycles. The van der Waals surface area contributed by atoms with Gasteiger partial charge in [-0.25, -0.2) is 0 Å². The second kappa shape index (κ2) is 7.48. The van der Waals surface area contributed by atoms with Gasteiger partial charge in [-0.05, 0) is 40.9 Å². The number of aliphatic hydroxyl groups is 1. The third-order valence-corrected chi connectivity index (χ3v) is 4.70. The molecule has 1 saturated carbocycles. The second-order valence-corrected chi connectivity index (χ2v) is 6.08. The van der Waals surface area contributed by atoms with Crippen LogP contribution in [0.5, 0.6) is 0 Å². The van der Waals surface area contributed by atoms with Gasteiger partial charge in [0.2, 0.25) is 0 Å². The lowest BCUT2D eigenvalue weighted by molar-refractivity contribution is -0.00117.